The van der Waals surface area contributed by atoms with E-state index < -0.39 is 23.9 Å². The minimum absolute atomic E-state index is 0.0140. The van der Waals surface area contributed by atoms with Crippen molar-refractivity contribution in [2.45, 2.75) is 46.3 Å². The third-order valence-electron chi connectivity index (χ3n) is 6.18. The molecule has 0 fully saturated rings. The maximum Gasteiger partial charge on any atom is 0.328 e. The quantitative estimate of drug-likeness (QED) is 0.217. The predicted molar refractivity (Wildman–Crippen MR) is 149 cm³/mol. The molecule has 0 aliphatic rings. The van der Waals surface area contributed by atoms with Crippen LogP contribution >= 0.6 is 0 Å². The zero-order valence-corrected chi connectivity index (χ0v) is 22.9. The molecule has 0 saturated carbocycles. The number of carbonyl (C=O) groups excluding carboxylic acids is 3. The van der Waals surface area contributed by atoms with Crippen molar-refractivity contribution in [1.82, 2.24) is 20.4 Å². The molecule has 1 aromatic heterocycles. The number of urea groups is 1. The summed E-state index contributed by atoms with van der Waals surface area (Å²) in [5.74, 6) is -1.21. The maximum absolute atomic E-state index is 12.6. The molecule has 0 aliphatic heterocycles. The number of hydrogen-bond acceptors (Lipinski definition) is 7. The molecule has 3 rings (SSSR count). The van der Waals surface area contributed by atoms with E-state index in [-0.39, 0.29) is 25.3 Å². The van der Waals surface area contributed by atoms with E-state index in [4.69, 9.17) is 4.74 Å². The van der Waals surface area contributed by atoms with Crippen LogP contribution in [0.4, 0.5) is 16.2 Å². The molecular formula is C28H34N6O6. The van der Waals surface area contributed by atoms with Crippen molar-refractivity contribution in [2.75, 3.05) is 24.3 Å². The number of aromatic nitrogens is 2. The molecule has 12 nitrogen and oxygen atoms in total. The molecule has 1 heterocycles. The lowest BCUT2D eigenvalue weighted by Crippen LogP contribution is -2.43. The Hall–Kier alpha value is -4.71. The number of amides is 3. The molecule has 3 amide bonds. The van der Waals surface area contributed by atoms with E-state index in [0.29, 0.717) is 23.7 Å². The van der Waals surface area contributed by atoms with Crippen molar-refractivity contribution in [2.24, 2.45) is 0 Å². The number of rotatable bonds is 13. The van der Waals surface area contributed by atoms with Crippen molar-refractivity contribution < 1.29 is 29.0 Å². The topological polar surface area (TPSA) is 164 Å². The lowest BCUT2D eigenvalue weighted by Gasteiger charge is -2.14. The molecule has 0 bridgehead atoms. The number of aryl methyl sites for hydroxylation is 1. The first-order chi connectivity index (χ1) is 19.1. The average molecular weight is 551 g/mol. The zero-order valence-electron chi connectivity index (χ0n) is 22.9. The van der Waals surface area contributed by atoms with Crippen LogP contribution in [0.1, 0.15) is 29.3 Å². The average Bonchev–Trinajstić information content (AvgIpc) is 3.24. The fraction of sp³-hybridized carbons (Fsp3) is 0.321. The Morgan fingerprint density at radius 2 is 1.77 bits per heavy atom. The summed E-state index contributed by atoms with van der Waals surface area (Å²) in [6.07, 6.45) is 1.76. The summed E-state index contributed by atoms with van der Waals surface area (Å²) in [6.45, 7) is 5.40. The van der Waals surface area contributed by atoms with E-state index >= 15 is 0 Å². The minimum atomic E-state index is -1.15. The number of anilines is 2. The van der Waals surface area contributed by atoms with Gasteiger partial charge < -0.3 is 31.1 Å². The predicted octanol–water partition coefficient (Wildman–Crippen LogP) is 2.64. The summed E-state index contributed by atoms with van der Waals surface area (Å²) in [4.78, 5) is 47.7. The summed E-state index contributed by atoms with van der Waals surface area (Å²) >= 11 is 0. The molecule has 3 aromatic rings. The molecule has 1 atom stereocenters. The van der Waals surface area contributed by atoms with Crippen LogP contribution in [0, 0.1) is 13.8 Å². The van der Waals surface area contributed by atoms with Crippen LogP contribution < -0.4 is 26.0 Å². The van der Waals surface area contributed by atoms with Gasteiger partial charge in [0, 0.05) is 36.8 Å². The maximum atomic E-state index is 12.6. The van der Waals surface area contributed by atoms with E-state index in [1.807, 2.05) is 31.2 Å². The molecule has 0 spiro atoms. The third kappa shape index (κ3) is 8.40. The molecule has 212 valence electrons. The Kier molecular flexibility index (Phi) is 10.4. The molecule has 12 heteroatoms. The standard InChI is InChI=1S/C28H34N6O6/c1-17-7-5-6-8-23(17)32-28(39)33-24-10-9-20(12-26(24)40-4)11-22(36)15-29-13-21-14-30-34(18(21)2)16-25(27(37)38)31-19(3)35/h5-10,12,14,25,29H,11,13,15-16H2,1-4H3,(H,31,35)(H,37,38)(H2,32,33,39). The zero-order chi connectivity index (χ0) is 29.2. The van der Waals surface area contributed by atoms with Crippen molar-refractivity contribution in [3.8, 4) is 5.75 Å². The van der Waals surface area contributed by atoms with Gasteiger partial charge in [0.1, 0.15) is 11.8 Å². The molecule has 5 N–H and O–H groups in total. The normalized spacial score (nSPS) is 11.4. The first kappa shape index (κ1) is 29.8. The van der Waals surface area contributed by atoms with E-state index in [0.717, 1.165) is 22.4 Å². The fourth-order valence-corrected chi connectivity index (χ4v) is 4.01. The van der Waals surface area contributed by atoms with E-state index in [1.54, 1.807) is 31.3 Å². The summed E-state index contributed by atoms with van der Waals surface area (Å²) in [5, 5.41) is 24.6. The van der Waals surface area contributed by atoms with Crippen LogP contribution in [0.3, 0.4) is 0 Å². The van der Waals surface area contributed by atoms with Gasteiger partial charge in [0.15, 0.2) is 5.78 Å². The smallest absolute Gasteiger partial charge is 0.328 e. The number of para-hydroxylation sites is 1. The number of hydrogen-bond donors (Lipinski definition) is 5. The number of carbonyl (C=O) groups is 4. The van der Waals surface area contributed by atoms with Crippen molar-refractivity contribution in [1.29, 1.82) is 0 Å². The molecule has 1 unspecified atom stereocenters. The highest BCUT2D eigenvalue weighted by Gasteiger charge is 2.21. The summed E-state index contributed by atoms with van der Waals surface area (Å²) in [6, 6.07) is 11.1. The molecule has 0 radical (unpaired) electrons. The first-order valence-electron chi connectivity index (χ1n) is 12.6. The second-order valence-corrected chi connectivity index (χ2v) is 9.28. The number of aliphatic carboxylic acids is 1. The van der Waals surface area contributed by atoms with Crippen molar-refractivity contribution in [3.05, 3.63) is 71.0 Å². The highest BCUT2D eigenvalue weighted by molar-refractivity contribution is 6.01. The van der Waals surface area contributed by atoms with E-state index in [9.17, 15) is 24.3 Å². The summed E-state index contributed by atoms with van der Waals surface area (Å²) in [5.41, 5.74) is 4.38. The van der Waals surface area contributed by atoms with Gasteiger partial charge in [-0.2, -0.15) is 5.10 Å². The number of nitrogens with one attached hydrogen (secondary N) is 4. The first-order valence-corrected chi connectivity index (χ1v) is 12.6. The molecule has 40 heavy (non-hydrogen) atoms. The lowest BCUT2D eigenvalue weighted by atomic mass is 10.1. The number of benzene rings is 2. The number of carboxylic acids is 1. The van der Waals surface area contributed by atoms with Crippen LogP contribution in [0.25, 0.3) is 0 Å². The number of Topliss-reactive ketones (excluding diaryl/α,β-unsaturated/α-hetero) is 1. The Morgan fingerprint density at radius 3 is 2.45 bits per heavy atom. The molecule has 0 saturated heterocycles. The van der Waals surface area contributed by atoms with E-state index in [1.165, 1.54) is 18.7 Å². The Labute approximate surface area is 232 Å². The van der Waals surface area contributed by atoms with E-state index in [2.05, 4.69) is 26.4 Å². The Bertz CT molecular complexity index is 1390. The van der Waals surface area contributed by atoms with Gasteiger partial charge in [-0.3, -0.25) is 14.3 Å². The van der Waals surface area contributed by atoms with Gasteiger partial charge >= 0.3 is 12.0 Å². The second kappa shape index (κ2) is 13.9. The van der Waals surface area contributed by atoms with Gasteiger partial charge in [-0.15, -0.1) is 0 Å². The third-order valence-corrected chi connectivity index (χ3v) is 6.18. The fourth-order valence-electron chi connectivity index (χ4n) is 4.01. The van der Waals surface area contributed by atoms with Crippen LogP contribution in [-0.2, 0) is 33.9 Å². The van der Waals surface area contributed by atoms with Crippen molar-refractivity contribution >= 4 is 35.1 Å². The number of ether oxygens (including phenoxy) is 1. The Balaban J connectivity index is 1.52. The SMILES string of the molecule is COc1cc(CC(=O)CNCc2cnn(CC(NC(C)=O)C(=O)O)c2C)ccc1NC(=O)Nc1ccccc1C. The number of methoxy groups -OCH3 is 1. The van der Waals surface area contributed by atoms with Crippen LogP contribution in [0.2, 0.25) is 0 Å². The van der Waals surface area contributed by atoms with Gasteiger partial charge in [-0.25, -0.2) is 9.59 Å². The summed E-state index contributed by atoms with van der Waals surface area (Å²) < 4.78 is 6.93. The molecular weight excluding hydrogens is 516 g/mol. The van der Waals surface area contributed by atoms with Crippen molar-refractivity contribution in [3.63, 3.8) is 0 Å². The van der Waals surface area contributed by atoms with Gasteiger partial charge in [0.2, 0.25) is 5.91 Å². The van der Waals surface area contributed by atoms with Gasteiger partial charge in [0.05, 0.1) is 32.1 Å². The molecule has 2 aromatic carbocycles. The lowest BCUT2D eigenvalue weighted by molar-refractivity contribution is -0.142. The Morgan fingerprint density at radius 1 is 1.05 bits per heavy atom. The number of nitrogens with zero attached hydrogens (tertiary/aromatic N) is 2. The number of ketones is 1. The van der Waals surface area contributed by atoms with Gasteiger partial charge in [0.25, 0.3) is 0 Å². The molecule has 0 aliphatic carbocycles. The van der Waals surface area contributed by atoms with Gasteiger partial charge in [-0.05, 0) is 43.2 Å². The summed E-state index contributed by atoms with van der Waals surface area (Å²) in [7, 11) is 1.49. The largest absolute Gasteiger partial charge is 0.495 e. The van der Waals surface area contributed by atoms with Gasteiger partial charge in [-0.1, -0.05) is 24.3 Å². The highest BCUT2D eigenvalue weighted by Crippen LogP contribution is 2.26. The number of carboxylic acid groups (broad SMARTS) is 1. The minimum Gasteiger partial charge on any atom is -0.495 e. The second-order valence-electron chi connectivity index (χ2n) is 9.28. The van der Waals surface area contributed by atoms with Crippen LogP contribution in [-0.4, -0.2) is 58.3 Å². The van der Waals surface area contributed by atoms with Crippen LogP contribution in [0.5, 0.6) is 5.75 Å². The monoisotopic (exact) mass is 550 g/mol. The highest BCUT2D eigenvalue weighted by atomic mass is 16.5. The van der Waals surface area contributed by atoms with Crippen LogP contribution in [0.15, 0.2) is 48.7 Å².